The zero-order chi connectivity index (χ0) is 40.5. The van der Waals surface area contributed by atoms with Crippen molar-refractivity contribution in [2.24, 2.45) is 34.0 Å². The van der Waals surface area contributed by atoms with Crippen LogP contribution in [0.1, 0.15) is 106 Å². The molecule has 10 heteroatoms. The lowest BCUT2D eigenvalue weighted by Gasteiger charge is -2.71. The maximum atomic E-state index is 13.3. The van der Waals surface area contributed by atoms with Gasteiger partial charge in [-0.15, -0.1) is 0 Å². The summed E-state index contributed by atoms with van der Waals surface area (Å²) in [6.07, 6.45) is 8.27. The molecule has 2 saturated carbocycles. The Morgan fingerprint density at radius 3 is 2.16 bits per heavy atom. The molecule has 0 radical (unpaired) electrons. The molecule has 0 aromatic heterocycles. The van der Waals surface area contributed by atoms with Crippen molar-refractivity contribution in [2.75, 3.05) is 13.2 Å². The summed E-state index contributed by atoms with van der Waals surface area (Å²) in [5.74, 6) is -3.65. The number of fused-ring (bicyclic) bond motifs is 5. The second-order valence-electron chi connectivity index (χ2n) is 17.2. The fourth-order valence-corrected chi connectivity index (χ4v) is 11.5. The fourth-order valence-electron chi connectivity index (χ4n) is 11.5. The third-order valence-electron chi connectivity index (χ3n) is 13.6. The van der Waals surface area contributed by atoms with Gasteiger partial charge in [-0.1, -0.05) is 61.9 Å². The van der Waals surface area contributed by atoms with Gasteiger partial charge < -0.3 is 28.8 Å². The van der Waals surface area contributed by atoms with Crippen LogP contribution >= 0.6 is 0 Å². The van der Waals surface area contributed by atoms with Crippen LogP contribution in [-0.4, -0.2) is 72.2 Å². The highest BCUT2D eigenvalue weighted by Crippen LogP contribution is 2.72. The van der Waals surface area contributed by atoms with E-state index in [0.29, 0.717) is 25.7 Å². The molecule has 55 heavy (non-hydrogen) atoms. The highest BCUT2D eigenvalue weighted by molar-refractivity contribution is 5.68. The van der Waals surface area contributed by atoms with Gasteiger partial charge in [0, 0.05) is 44.9 Å². The first-order valence-corrected chi connectivity index (χ1v) is 19.9. The number of benzene rings is 1. The van der Waals surface area contributed by atoms with Gasteiger partial charge in [0.05, 0.1) is 24.2 Å². The number of hydrogen-bond donors (Lipinski definition) is 1. The van der Waals surface area contributed by atoms with E-state index in [1.54, 1.807) is 6.92 Å². The third-order valence-corrected chi connectivity index (χ3v) is 13.6. The first-order valence-electron chi connectivity index (χ1n) is 19.9. The molecule has 2 fully saturated rings. The molecule has 1 aliphatic heterocycles. The molecule has 0 bridgehead atoms. The molecule has 11 atom stereocenters. The molecular formula is C45H62O10. The Balaban J connectivity index is 1.71. The summed E-state index contributed by atoms with van der Waals surface area (Å²) in [6.45, 7) is 17.7. The molecule has 0 saturated heterocycles. The van der Waals surface area contributed by atoms with E-state index in [4.69, 9.17) is 23.7 Å². The normalized spacial score (nSPS) is 35.7. The fraction of sp³-hybridized carbons (Fsp3) is 0.644. The summed E-state index contributed by atoms with van der Waals surface area (Å²) in [5, 5.41) is 13.2. The van der Waals surface area contributed by atoms with Crippen LogP contribution in [0.5, 0.6) is 0 Å². The molecule has 302 valence electrons. The van der Waals surface area contributed by atoms with Crippen LogP contribution in [0, 0.1) is 34.0 Å². The molecule has 1 N–H and O–H groups in total. The predicted octanol–water partition coefficient (Wildman–Crippen LogP) is 7.20. The number of aliphatic hydroxyl groups is 1. The van der Waals surface area contributed by atoms with E-state index in [0.717, 1.165) is 18.4 Å². The Kier molecular flexibility index (Phi) is 12.6. The minimum atomic E-state index is -1.32. The molecule has 5 unspecified atom stereocenters. The van der Waals surface area contributed by atoms with E-state index in [2.05, 4.69) is 51.1 Å². The maximum absolute atomic E-state index is 13.3. The third kappa shape index (κ3) is 7.82. The summed E-state index contributed by atoms with van der Waals surface area (Å²) < 4.78 is 31.1. The Bertz CT molecular complexity index is 1720. The van der Waals surface area contributed by atoms with Crippen molar-refractivity contribution in [3.05, 3.63) is 70.8 Å². The van der Waals surface area contributed by atoms with E-state index in [-0.39, 0.29) is 13.2 Å². The molecule has 10 nitrogen and oxygen atoms in total. The Hall–Kier alpha value is -3.76. The van der Waals surface area contributed by atoms with E-state index in [9.17, 15) is 24.3 Å². The highest BCUT2D eigenvalue weighted by Gasteiger charge is 2.76. The zero-order valence-corrected chi connectivity index (χ0v) is 34.4. The van der Waals surface area contributed by atoms with Gasteiger partial charge in [0.25, 0.3) is 0 Å². The number of esters is 4. The SMILES string of the molecule is CC(=O)OC1C2[C@@](C)(CCC3[C@]2(C)[C@H](OC(C)=O)C=C(C)[C@@]3(O)CCc2ccccc2CCC=C(C)C)C2C=CCOC[C@]2(C(C)OC(C)=O)[C@H]1OC(C)=O. The lowest BCUT2D eigenvalue weighted by molar-refractivity contribution is -0.304. The van der Waals surface area contributed by atoms with E-state index < -0.39 is 87.9 Å². The molecule has 0 amide bonds. The maximum Gasteiger partial charge on any atom is 0.303 e. The van der Waals surface area contributed by atoms with Crippen LogP contribution in [0.4, 0.5) is 0 Å². The average Bonchev–Trinajstić information content (AvgIpc) is 3.32. The Morgan fingerprint density at radius 2 is 1.56 bits per heavy atom. The number of hydrogen-bond acceptors (Lipinski definition) is 10. The van der Waals surface area contributed by atoms with E-state index in [1.165, 1.54) is 44.4 Å². The van der Waals surface area contributed by atoms with Gasteiger partial charge in [-0.3, -0.25) is 19.2 Å². The zero-order valence-electron chi connectivity index (χ0n) is 34.4. The molecule has 1 aromatic rings. The second-order valence-corrected chi connectivity index (χ2v) is 17.2. The van der Waals surface area contributed by atoms with Gasteiger partial charge in [-0.2, -0.15) is 0 Å². The standard InChI is InChI=1S/C45H62O10/c1-27(2)15-13-18-34-16-11-12-17-35(34)20-23-45(50)28(3)25-38(53-31(6)47)43(10)37(45)21-22-42(9)36-19-14-24-51-26-44(36,29(4)52-30(5)46)41(55-33(8)49)39(40(42)43)54-32(7)48/h11-12,14-17,19,25,29,36-41,50H,13,18,20-24,26H2,1-10H3/t29?,36?,37?,38-,39?,40?,41+,42+,43-,44-,45+/m1/s1. The summed E-state index contributed by atoms with van der Waals surface area (Å²) in [5.41, 5.74) is 0.169. The van der Waals surface area contributed by atoms with Crippen LogP contribution in [0.25, 0.3) is 0 Å². The number of allylic oxidation sites excluding steroid dienone is 3. The van der Waals surface area contributed by atoms with Gasteiger partial charge in [-0.05, 0) is 100 Å². The minimum absolute atomic E-state index is 0.0562. The first-order chi connectivity index (χ1) is 25.8. The van der Waals surface area contributed by atoms with Crippen molar-refractivity contribution < 1.29 is 48.0 Å². The Labute approximate surface area is 327 Å². The summed E-state index contributed by atoms with van der Waals surface area (Å²) >= 11 is 0. The van der Waals surface area contributed by atoms with Crippen molar-refractivity contribution in [1.29, 1.82) is 0 Å². The van der Waals surface area contributed by atoms with Crippen molar-refractivity contribution >= 4 is 23.9 Å². The van der Waals surface area contributed by atoms with Gasteiger partial charge in [0.1, 0.15) is 18.3 Å². The number of rotatable bonds is 11. The van der Waals surface area contributed by atoms with Crippen molar-refractivity contribution in [1.82, 2.24) is 0 Å². The van der Waals surface area contributed by atoms with Gasteiger partial charge in [0.2, 0.25) is 0 Å². The second kappa shape index (κ2) is 16.4. The molecule has 3 aliphatic carbocycles. The quantitative estimate of drug-likeness (QED) is 0.140. The predicted molar refractivity (Wildman–Crippen MR) is 207 cm³/mol. The molecular weight excluding hydrogens is 700 g/mol. The van der Waals surface area contributed by atoms with Crippen LogP contribution in [0.15, 0.2) is 59.7 Å². The van der Waals surface area contributed by atoms with Crippen molar-refractivity contribution in [3.8, 4) is 0 Å². The topological polar surface area (TPSA) is 135 Å². The monoisotopic (exact) mass is 762 g/mol. The van der Waals surface area contributed by atoms with E-state index in [1.807, 2.05) is 32.1 Å². The summed E-state index contributed by atoms with van der Waals surface area (Å²) in [7, 11) is 0. The van der Waals surface area contributed by atoms with Gasteiger partial charge >= 0.3 is 23.9 Å². The highest BCUT2D eigenvalue weighted by atomic mass is 16.6. The van der Waals surface area contributed by atoms with Gasteiger partial charge in [-0.25, -0.2) is 0 Å². The molecule has 5 rings (SSSR count). The van der Waals surface area contributed by atoms with Crippen molar-refractivity contribution in [3.63, 3.8) is 0 Å². The number of ether oxygens (including phenoxy) is 5. The molecule has 4 aliphatic rings. The molecule has 1 heterocycles. The van der Waals surface area contributed by atoms with Crippen LogP contribution < -0.4 is 0 Å². The summed E-state index contributed by atoms with van der Waals surface area (Å²) in [6, 6.07) is 8.38. The number of aryl methyl sites for hydroxylation is 2. The van der Waals surface area contributed by atoms with Crippen LogP contribution in [-0.2, 0) is 55.7 Å². The number of carbonyl (C=O) groups is 4. The lowest BCUT2D eigenvalue weighted by atomic mass is 9.35. The van der Waals surface area contributed by atoms with Gasteiger partial charge in [0.15, 0.2) is 6.10 Å². The van der Waals surface area contributed by atoms with Crippen molar-refractivity contribution in [2.45, 2.75) is 138 Å². The molecule has 0 spiro atoms. The van der Waals surface area contributed by atoms with Crippen LogP contribution in [0.2, 0.25) is 0 Å². The number of carbonyl (C=O) groups excluding carboxylic acids is 4. The average molecular weight is 763 g/mol. The van der Waals surface area contributed by atoms with E-state index >= 15 is 0 Å². The van der Waals surface area contributed by atoms with Crippen LogP contribution in [0.3, 0.4) is 0 Å². The first kappa shape index (κ1) is 42.4. The summed E-state index contributed by atoms with van der Waals surface area (Å²) in [4.78, 5) is 52.0. The smallest absolute Gasteiger partial charge is 0.303 e. The lowest BCUT2D eigenvalue weighted by Crippen LogP contribution is -2.76. The minimum Gasteiger partial charge on any atom is -0.462 e. The molecule has 1 aromatic carbocycles. The Morgan fingerprint density at radius 1 is 0.927 bits per heavy atom. The largest absolute Gasteiger partial charge is 0.462 e.